The Hall–Kier alpha value is -4.48. The maximum Gasteiger partial charge on any atom is 0.429 e. The van der Waals surface area contributed by atoms with Gasteiger partial charge >= 0.3 is 12.3 Å². The highest BCUT2D eigenvalue weighted by atomic mass is 19.4. The quantitative estimate of drug-likeness (QED) is 0.142. The second kappa shape index (κ2) is 12.2. The summed E-state index contributed by atoms with van der Waals surface area (Å²) in [6, 6.07) is 10.4. The van der Waals surface area contributed by atoms with Gasteiger partial charge in [0.05, 0.1) is 23.6 Å². The van der Waals surface area contributed by atoms with Crippen LogP contribution < -0.4 is 9.47 Å². The summed E-state index contributed by atoms with van der Waals surface area (Å²) in [5.41, 5.74) is 0.484. The Morgan fingerprint density at radius 2 is 1.43 bits per heavy atom. The molecule has 3 aromatic carbocycles. The molecule has 0 saturated heterocycles. The number of rotatable bonds is 9. The smallest absolute Gasteiger partial charge is 0.429 e. The molecule has 0 atom stereocenters. The van der Waals surface area contributed by atoms with Gasteiger partial charge in [-0.25, -0.2) is 17.6 Å². The predicted octanol–water partition coefficient (Wildman–Crippen LogP) is 9.51. The summed E-state index contributed by atoms with van der Waals surface area (Å²) in [4.78, 5) is 4.31. The number of alkyl halides is 5. The molecule has 4 rings (SSSR count). The molecular weight excluding hydrogens is 577 g/mol. The Labute approximate surface area is 233 Å². The number of halogens is 9. The van der Waals surface area contributed by atoms with Crippen LogP contribution in [-0.2, 0) is 12.5 Å². The first-order valence-corrected chi connectivity index (χ1v) is 12.3. The SMILES string of the molecule is CCCc1ccc(-c2ccc(-c3ccc(C(F)(F)Oc4cc(F)c(OC=CC(F)(F)F)c(F)c4)c(F)c3)c(F)c2)nc1. The summed E-state index contributed by atoms with van der Waals surface area (Å²) in [6.45, 7) is 2.02. The van der Waals surface area contributed by atoms with Gasteiger partial charge < -0.3 is 9.47 Å². The van der Waals surface area contributed by atoms with Crippen molar-refractivity contribution in [3.05, 3.63) is 114 Å². The fraction of sp³-hybridized carbons (Fsp3) is 0.167. The summed E-state index contributed by atoms with van der Waals surface area (Å²) >= 11 is 0. The highest BCUT2D eigenvalue weighted by molar-refractivity contribution is 5.70. The lowest BCUT2D eigenvalue weighted by Crippen LogP contribution is -2.23. The van der Waals surface area contributed by atoms with E-state index in [0.29, 0.717) is 23.4 Å². The Morgan fingerprint density at radius 1 is 0.762 bits per heavy atom. The van der Waals surface area contributed by atoms with Crippen LogP contribution in [0.5, 0.6) is 11.5 Å². The minimum atomic E-state index is -4.83. The molecular formula is C30H20F9NO2. The number of pyridine rings is 1. The first kappa shape index (κ1) is 30.5. The van der Waals surface area contributed by atoms with Gasteiger partial charge in [0.1, 0.15) is 17.4 Å². The molecule has 0 unspecified atom stereocenters. The van der Waals surface area contributed by atoms with E-state index < -0.39 is 58.7 Å². The van der Waals surface area contributed by atoms with Crippen molar-refractivity contribution in [1.29, 1.82) is 0 Å². The van der Waals surface area contributed by atoms with Crippen molar-refractivity contribution in [2.24, 2.45) is 0 Å². The number of hydrogen-bond donors (Lipinski definition) is 0. The fourth-order valence-corrected chi connectivity index (χ4v) is 3.95. The van der Waals surface area contributed by atoms with Crippen LogP contribution in [-0.4, -0.2) is 11.2 Å². The topological polar surface area (TPSA) is 31.4 Å². The summed E-state index contributed by atoms with van der Waals surface area (Å²) in [6.07, 6.45) is -6.31. The van der Waals surface area contributed by atoms with Gasteiger partial charge in [-0.3, -0.25) is 4.98 Å². The van der Waals surface area contributed by atoms with Gasteiger partial charge in [-0.2, -0.15) is 22.0 Å². The van der Waals surface area contributed by atoms with Crippen LogP contribution in [0.3, 0.4) is 0 Å². The monoisotopic (exact) mass is 597 g/mol. The third-order valence-electron chi connectivity index (χ3n) is 5.88. The first-order chi connectivity index (χ1) is 19.8. The summed E-state index contributed by atoms with van der Waals surface area (Å²) in [5, 5.41) is 0. The van der Waals surface area contributed by atoms with E-state index in [0.717, 1.165) is 24.5 Å². The molecule has 220 valence electrons. The predicted molar refractivity (Wildman–Crippen MR) is 136 cm³/mol. The Kier molecular flexibility index (Phi) is 8.83. The standard InChI is InChI=1S/C30H20F9NO2/c1-2-3-17-4-9-27(40-16-17)19-5-7-21(23(31)13-19)18-6-8-22(24(32)12-18)30(38,39)42-20-14-25(33)28(26(34)15-20)41-11-10-29(35,36)37/h4-16H,2-3H2,1H3. The maximum absolute atomic E-state index is 15.0. The minimum absolute atomic E-state index is 0.0362. The molecule has 0 aliphatic rings. The Morgan fingerprint density at radius 3 is 2.00 bits per heavy atom. The van der Waals surface area contributed by atoms with E-state index in [4.69, 9.17) is 0 Å². The van der Waals surface area contributed by atoms with Crippen LogP contribution >= 0.6 is 0 Å². The molecule has 0 fully saturated rings. The zero-order chi connectivity index (χ0) is 30.7. The van der Waals surface area contributed by atoms with Gasteiger partial charge in [-0.1, -0.05) is 37.6 Å². The third kappa shape index (κ3) is 7.23. The zero-order valence-corrected chi connectivity index (χ0v) is 21.6. The normalized spacial score (nSPS) is 12.1. The van der Waals surface area contributed by atoms with E-state index in [1.54, 1.807) is 18.3 Å². The van der Waals surface area contributed by atoms with Crippen molar-refractivity contribution in [2.75, 3.05) is 0 Å². The maximum atomic E-state index is 15.0. The lowest BCUT2D eigenvalue weighted by atomic mass is 9.99. The molecule has 0 saturated carbocycles. The van der Waals surface area contributed by atoms with Crippen molar-refractivity contribution < 1.29 is 49.0 Å². The number of hydrogen-bond acceptors (Lipinski definition) is 3. The Balaban J connectivity index is 1.53. The molecule has 0 N–H and O–H groups in total. The summed E-state index contributed by atoms with van der Waals surface area (Å²) in [5.74, 6) is -8.00. The average molecular weight is 597 g/mol. The molecule has 0 radical (unpaired) electrons. The molecule has 0 aliphatic heterocycles. The van der Waals surface area contributed by atoms with E-state index in [1.165, 1.54) is 12.1 Å². The first-order valence-electron chi connectivity index (χ1n) is 12.3. The second-order valence-corrected chi connectivity index (χ2v) is 8.99. The van der Waals surface area contributed by atoms with Crippen molar-refractivity contribution in [2.45, 2.75) is 32.1 Å². The van der Waals surface area contributed by atoms with Gasteiger partial charge in [0.2, 0.25) is 0 Å². The molecule has 1 aromatic heterocycles. The number of aryl methyl sites for hydroxylation is 1. The van der Waals surface area contributed by atoms with Gasteiger partial charge in [0.25, 0.3) is 0 Å². The summed E-state index contributed by atoms with van der Waals surface area (Å²) < 4.78 is 133. The molecule has 0 spiro atoms. The van der Waals surface area contributed by atoms with Crippen molar-refractivity contribution >= 4 is 0 Å². The lowest BCUT2D eigenvalue weighted by molar-refractivity contribution is -0.187. The van der Waals surface area contributed by atoms with E-state index in [2.05, 4.69) is 14.5 Å². The van der Waals surface area contributed by atoms with E-state index in [9.17, 15) is 39.5 Å². The van der Waals surface area contributed by atoms with Crippen LogP contribution in [0.4, 0.5) is 39.5 Å². The van der Waals surface area contributed by atoms with E-state index in [1.807, 2.05) is 13.0 Å². The van der Waals surface area contributed by atoms with Crippen molar-refractivity contribution in [3.8, 4) is 33.9 Å². The van der Waals surface area contributed by atoms with Crippen LogP contribution in [0, 0.1) is 23.3 Å². The van der Waals surface area contributed by atoms with Crippen LogP contribution in [0.25, 0.3) is 22.4 Å². The number of nitrogens with zero attached hydrogens (tertiary/aromatic N) is 1. The van der Waals surface area contributed by atoms with Gasteiger partial charge in [-0.05, 0) is 41.8 Å². The zero-order valence-electron chi connectivity index (χ0n) is 21.6. The molecule has 1 heterocycles. The van der Waals surface area contributed by atoms with Crippen molar-refractivity contribution in [3.63, 3.8) is 0 Å². The van der Waals surface area contributed by atoms with Gasteiger partial charge in [0, 0.05) is 29.5 Å². The van der Waals surface area contributed by atoms with Crippen LogP contribution in [0.15, 0.2) is 79.2 Å². The Bertz CT molecular complexity index is 1580. The second-order valence-electron chi connectivity index (χ2n) is 8.99. The average Bonchev–Trinajstić information content (AvgIpc) is 2.90. The largest absolute Gasteiger partial charge is 0.459 e. The fourth-order valence-electron chi connectivity index (χ4n) is 3.95. The van der Waals surface area contributed by atoms with Crippen molar-refractivity contribution in [1.82, 2.24) is 4.98 Å². The number of benzene rings is 3. The minimum Gasteiger partial charge on any atom is -0.459 e. The molecule has 0 aliphatic carbocycles. The molecule has 0 amide bonds. The number of ether oxygens (including phenoxy) is 2. The molecule has 4 aromatic rings. The molecule has 3 nitrogen and oxygen atoms in total. The molecule has 0 bridgehead atoms. The van der Waals surface area contributed by atoms with E-state index >= 15 is 0 Å². The molecule has 42 heavy (non-hydrogen) atoms. The third-order valence-corrected chi connectivity index (χ3v) is 5.88. The number of aromatic nitrogens is 1. The lowest BCUT2D eigenvalue weighted by Gasteiger charge is -2.20. The van der Waals surface area contributed by atoms with Gasteiger partial charge in [0.15, 0.2) is 17.4 Å². The number of allylic oxidation sites excluding steroid dienone is 1. The summed E-state index contributed by atoms with van der Waals surface area (Å²) in [7, 11) is 0. The van der Waals surface area contributed by atoms with Gasteiger partial charge in [-0.15, -0.1) is 0 Å². The molecule has 12 heteroatoms. The van der Waals surface area contributed by atoms with E-state index in [-0.39, 0.29) is 29.5 Å². The highest BCUT2D eigenvalue weighted by Gasteiger charge is 2.38. The van der Waals surface area contributed by atoms with Crippen LogP contribution in [0.2, 0.25) is 0 Å². The van der Waals surface area contributed by atoms with Crippen LogP contribution in [0.1, 0.15) is 24.5 Å². The highest BCUT2D eigenvalue weighted by Crippen LogP contribution is 2.37.